The number of allylic oxidation sites excluding steroid dienone is 2. The number of Topliss-reactive ketones (excluding diaryl/α,β-unsaturated/α-hetero) is 1. The van der Waals surface area contributed by atoms with Gasteiger partial charge >= 0.3 is 0 Å². The van der Waals surface area contributed by atoms with E-state index in [0.717, 1.165) is 5.57 Å². The lowest BCUT2D eigenvalue weighted by Crippen LogP contribution is -1.96. The number of ketones is 1. The maximum Gasteiger partial charge on any atom is 0.166 e. The molecule has 0 radical (unpaired) electrons. The highest BCUT2D eigenvalue weighted by Gasteiger charge is 2.03. The van der Waals surface area contributed by atoms with E-state index in [2.05, 4.69) is 0 Å². The minimum absolute atomic E-state index is 0.0840. The monoisotopic (exact) mass is 199 g/mol. The van der Waals surface area contributed by atoms with E-state index in [0.29, 0.717) is 17.5 Å². The van der Waals surface area contributed by atoms with Crippen molar-refractivity contribution in [3.05, 3.63) is 47.0 Å². The largest absolute Gasteiger partial charge is 0.294 e. The van der Waals surface area contributed by atoms with Crippen LogP contribution in [0.1, 0.15) is 36.2 Å². The molecule has 1 rings (SSSR count). The second-order valence-electron chi connectivity index (χ2n) is 3.60. The smallest absolute Gasteiger partial charge is 0.166 e. The first-order valence-electron chi connectivity index (χ1n) is 4.80. The minimum Gasteiger partial charge on any atom is -0.294 e. The van der Waals surface area contributed by atoms with Crippen LogP contribution in [0, 0.1) is 11.3 Å². The van der Waals surface area contributed by atoms with Crippen LogP contribution >= 0.6 is 0 Å². The molecule has 2 heteroatoms. The van der Waals surface area contributed by atoms with Crippen LogP contribution in [-0.4, -0.2) is 5.78 Å². The lowest BCUT2D eigenvalue weighted by molar-refractivity contribution is 0.0995. The van der Waals surface area contributed by atoms with Gasteiger partial charge in [-0.3, -0.25) is 4.79 Å². The Labute approximate surface area is 89.9 Å². The maximum absolute atomic E-state index is 11.6. The molecule has 0 atom stereocenters. The third-order valence-electron chi connectivity index (χ3n) is 2.03. The highest BCUT2D eigenvalue weighted by atomic mass is 16.1. The molecule has 1 aromatic rings. The van der Waals surface area contributed by atoms with Crippen LogP contribution in [0.2, 0.25) is 0 Å². The number of carbonyl (C=O) groups excluding carboxylic acids is 1. The Kier molecular flexibility index (Phi) is 3.82. The van der Waals surface area contributed by atoms with Crippen LogP contribution in [0.3, 0.4) is 0 Å². The van der Waals surface area contributed by atoms with Gasteiger partial charge < -0.3 is 0 Å². The normalized spacial score (nSPS) is 9.13. The van der Waals surface area contributed by atoms with Gasteiger partial charge in [-0.15, -0.1) is 0 Å². The van der Waals surface area contributed by atoms with E-state index in [1.165, 1.54) is 0 Å². The molecular weight excluding hydrogens is 186 g/mol. The van der Waals surface area contributed by atoms with Gasteiger partial charge in [0, 0.05) is 12.0 Å². The van der Waals surface area contributed by atoms with Crippen molar-refractivity contribution in [1.82, 2.24) is 0 Å². The van der Waals surface area contributed by atoms with Gasteiger partial charge in [0.05, 0.1) is 11.6 Å². The van der Waals surface area contributed by atoms with Crippen molar-refractivity contribution in [2.75, 3.05) is 0 Å². The minimum atomic E-state index is 0.0840. The van der Waals surface area contributed by atoms with Crippen molar-refractivity contribution in [2.45, 2.75) is 20.3 Å². The van der Waals surface area contributed by atoms with Gasteiger partial charge in [-0.2, -0.15) is 5.26 Å². The third-order valence-corrected chi connectivity index (χ3v) is 2.03. The number of benzene rings is 1. The summed E-state index contributed by atoms with van der Waals surface area (Å²) < 4.78 is 0. The first-order valence-corrected chi connectivity index (χ1v) is 4.80. The first kappa shape index (κ1) is 11.2. The van der Waals surface area contributed by atoms with Crippen LogP contribution in [0.5, 0.6) is 0 Å². The number of nitrogens with zero attached hydrogens (tertiary/aromatic N) is 1. The van der Waals surface area contributed by atoms with Crippen molar-refractivity contribution in [3.63, 3.8) is 0 Å². The summed E-state index contributed by atoms with van der Waals surface area (Å²) in [6.45, 7) is 3.93. The molecule has 76 valence electrons. The van der Waals surface area contributed by atoms with E-state index < -0.39 is 0 Å². The molecule has 0 unspecified atom stereocenters. The van der Waals surface area contributed by atoms with Gasteiger partial charge in [-0.25, -0.2) is 0 Å². The fraction of sp³-hybridized carbons (Fsp3) is 0.231. The highest BCUT2D eigenvalue weighted by molar-refractivity contribution is 5.97. The molecule has 0 aromatic heterocycles. The molecule has 0 bridgehead atoms. The molecule has 0 fully saturated rings. The number of hydrogen-bond donors (Lipinski definition) is 0. The van der Waals surface area contributed by atoms with Crippen LogP contribution in [0.25, 0.3) is 0 Å². The molecule has 0 spiro atoms. The molecule has 15 heavy (non-hydrogen) atoms. The zero-order valence-corrected chi connectivity index (χ0v) is 8.95. The molecule has 0 aliphatic heterocycles. The zero-order valence-electron chi connectivity index (χ0n) is 8.95. The lowest BCUT2D eigenvalue weighted by Gasteiger charge is -1.98. The summed E-state index contributed by atoms with van der Waals surface area (Å²) in [6.07, 6.45) is 2.33. The molecule has 0 saturated carbocycles. The average Bonchev–Trinajstić information content (AvgIpc) is 2.26. The van der Waals surface area contributed by atoms with E-state index in [1.54, 1.807) is 24.3 Å². The van der Waals surface area contributed by atoms with Crippen molar-refractivity contribution in [3.8, 4) is 6.07 Å². The Balaban J connectivity index is 2.76. The summed E-state index contributed by atoms with van der Waals surface area (Å²) >= 11 is 0. The van der Waals surface area contributed by atoms with E-state index in [9.17, 15) is 4.79 Å². The molecule has 0 aliphatic carbocycles. The molecule has 0 aliphatic rings. The second kappa shape index (κ2) is 5.11. The summed E-state index contributed by atoms with van der Waals surface area (Å²) in [5, 5.41) is 8.60. The first-order chi connectivity index (χ1) is 7.13. The van der Waals surface area contributed by atoms with Crippen molar-refractivity contribution >= 4 is 5.78 Å². The summed E-state index contributed by atoms with van der Waals surface area (Å²) in [4.78, 5) is 11.6. The molecule has 2 nitrogen and oxygen atoms in total. The molecule has 0 amide bonds. The number of carbonyl (C=O) groups is 1. The van der Waals surface area contributed by atoms with Crippen LogP contribution in [0.15, 0.2) is 35.9 Å². The Bertz CT molecular complexity index is 417. The highest BCUT2D eigenvalue weighted by Crippen LogP contribution is 2.07. The SMILES string of the molecule is CC(C)=CCC(=O)c1ccc(C#N)cc1. The summed E-state index contributed by atoms with van der Waals surface area (Å²) in [7, 11) is 0. The van der Waals surface area contributed by atoms with Crippen LogP contribution in [0.4, 0.5) is 0 Å². The third kappa shape index (κ3) is 3.40. The van der Waals surface area contributed by atoms with Gasteiger partial charge in [-0.05, 0) is 26.0 Å². The van der Waals surface area contributed by atoms with Crippen molar-refractivity contribution in [1.29, 1.82) is 5.26 Å². The van der Waals surface area contributed by atoms with Gasteiger partial charge in [0.15, 0.2) is 5.78 Å². The predicted molar refractivity (Wildman–Crippen MR) is 59.5 cm³/mol. The Hall–Kier alpha value is -1.88. The van der Waals surface area contributed by atoms with E-state index >= 15 is 0 Å². The summed E-state index contributed by atoms with van der Waals surface area (Å²) in [6, 6.07) is 8.73. The van der Waals surface area contributed by atoms with Gasteiger partial charge in [-0.1, -0.05) is 23.8 Å². The number of nitriles is 1. The molecule has 0 N–H and O–H groups in total. The molecule has 0 saturated heterocycles. The molecule has 0 heterocycles. The number of hydrogen-bond acceptors (Lipinski definition) is 2. The maximum atomic E-state index is 11.6. The van der Waals surface area contributed by atoms with Crippen molar-refractivity contribution in [2.24, 2.45) is 0 Å². The van der Waals surface area contributed by atoms with Gasteiger partial charge in [0.2, 0.25) is 0 Å². The Morgan fingerprint density at radius 3 is 2.40 bits per heavy atom. The average molecular weight is 199 g/mol. The Morgan fingerprint density at radius 1 is 1.33 bits per heavy atom. The molecule has 1 aromatic carbocycles. The van der Waals surface area contributed by atoms with Crippen molar-refractivity contribution < 1.29 is 4.79 Å². The summed E-state index contributed by atoms with van der Waals surface area (Å²) in [5.74, 6) is 0.0840. The van der Waals surface area contributed by atoms with E-state index in [1.807, 2.05) is 26.0 Å². The van der Waals surface area contributed by atoms with Crippen LogP contribution in [-0.2, 0) is 0 Å². The topological polar surface area (TPSA) is 40.9 Å². The second-order valence-corrected chi connectivity index (χ2v) is 3.60. The fourth-order valence-electron chi connectivity index (χ4n) is 1.15. The fourth-order valence-corrected chi connectivity index (χ4v) is 1.15. The Morgan fingerprint density at radius 2 is 1.93 bits per heavy atom. The predicted octanol–water partition coefficient (Wildman–Crippen LogP) is 3.10. The zero-order chi connectivity index (χ0) is 11.3. The van der Waals surface area contributed by atoms with E-state index in [4.69, 9.17) is 5.26 Å². The van der Waals surface area contributed by atoms with E-state index in [-0.39, 0.29) is 5.78 Å². The number of rotatable bonds is 3. The van der Waals surface area contributed by atoms with Gasteiger partial charge in [0.25, 0.3) is 0 Å². The lowest BCUT2D eigenvalue weighted by atomic mass is 10.1. The van der Waals surface area contributed by atoms with Gasteiger partial charge in [0.1, 0.15) is 0 Å². The standard InChI is InChI=1S/C13H13NO/c1-10(2)3-8-13(15)12-6-4-11(9-14)5-7-12/h3-7H,8H2,1-2H3. The summed E-state index contributed by atoms with van der Waals surface area (Å²) in [5.41, 5.74) is 2.37. The quantitative estimate of drug-likeness (QED) is 0.554. The molecular formula is C13H13NO. The van der Waals surface area contributed by atoms with Crippen LogP contribution < -0.4 is 0 Å².